The first-order chi connectivity index (χ1) is 8.76. The highest BCUT2D eigenvalue weighted by atomic mass is 16.5. The zero-order chi connectivity index (χ0) is 13.2. The van der Waals surface area contributed by atoms with E-state index in [2.05, 4.69) is 43.4 Å². The van der Waals surface area contributed by atoms with Crippen LogP contribution in [0.2, 0.25) is 0 Å². The summed E-state index contributed by atoms with van der Waals surface area (Å²) in [5.41, 5.74) is 1.41. The van der Waals surface area contributed by atoms with E-state index in [1.165, 1.54) is 24.8 Å². The van der Waals surface area contributed by atoms with Crippen molar-refractivity contribution in [2.75, 3.05) is 13.7 Å². The highest BCUT2D eigenvalue weighted by Gasteiger charge is 1.99. The number of benzene rings is 1. The minimum Gasteiger partial charge on any atom is -0.494 e. The van der Waals surface area contributed by atoms with Crippen LogP contribution in [-0.2, 0) is 6.42 Å². The molecule has 0 aromatic heterocycles. The third-order valence-corrected chi connectivity index (χ3v) is 3.29. The molecule has 1 unspecified atom stereocenters. The SMILES string of the molecule is CCCCc1ccc(OCCCC(C)NC)cc1. The van der Waals surface area contributed by atoms with E-state index in [4.69, 9.17) is 4.74 Å². The van der Waals surface area contributed by atoms with Gasteiger partial charge in [0, 0.05) is 6.04 Å². The van der Waals surface area contributed by atoms with Crippen molar-refractivity contribution in [3.05, 3.63) is 29.8 Å². The fraction of sp³-hybridized carbons (Fsp3) is 0.625. The van der Waals surface area contributed by atoms with Crippen molar-refractivity contribution >= 4 is 0 Å². The molecule has 0 saturated heterocycles. The van der Waals surface area contributed by atoms with Crippen molar-refractivity contribution in [2.45, 2.75) is 52.0 Å². The number of nitrogens with one attached hydrogen (secondary N) is 1. The Morgan fingerprint density at radius 1 is 1.17 bits per heavy atom. The van der Waals surface area contributed by atoms with Crippen LogP contribution in [0.15, 0.2) is 24.3 Å². The molecule has 0 heterocycles. The third-order valence-electron chi connectivity index (χ3n) is 3.29. The largest absolute Gasteiger partial charge is 0.494 e. The van der Waals surface area contributed by atoms with E-state index in [9.17, 15) is 0 Å². The monoisotopic (exact) mass is 249 g/mol. The predicted octanol–water partition coefficient (Wildman–Crippen LogP) is 3.80. The summed E-state index contributed by atoms with van der Waals surface area (Å²) in [6.07, 6.45) is 5.95. The van der Waals surface area contributed by atoms with Crippen molar-refractivity contribution in [2.24, 2.45) is 0 Å². The normalized spacial score (nSPS) is 12.4. The second-order valence-corrected chi connectivity index (χ2v) is 4.93. The van der Waals surface area contributed by atoms with Crippen LogP contribution in [0.25, 0.3) is 0 Å². The molecule has 0 spiro atoms. The third kappa shape index (κ3) is 6.06. The summed E-state index contributed by atoms with van der Waals surface area (Å²) in [4.78, 5) is 0. The molecule has 1 rings (SSSR count). The van der Waals surface area contributed by atoms with E-state index < -0.39 is 0 Å². The van der Waals surface area contributed by atoms with E-state index >= 15 is 0 Å². The zero-order valence-corrected chi connectivity index (χ0v) is 12.0. The lowest BCUT2D eigenvalue weighted by Crippen LogP contribution is -2.21. The van der Waals surface area contributed by atoms with Gasteiger partial charge in [0.25, 0.3) is 0 Å². The van der Waals surface area contributed by atoms with Crippen LogP contribution < -0.4 is 10.1 Å². The summed E-state index contributed by atoms with van der Waals surface area (Å²) < 4.78 is 5.73. The standard InChI is InChI=1S/C16H27NO/c1-4-5-8-15-9-11-16(12-10-15)18-13-6-7-14(2)17-3/h9-12,14,17H,4-8,13H2,1-3H3. The van der Waals surface area contributed by atoms with Crippen LogP contribution in [0.4, 0.5) is 0 Å². The highest BCUT2D eigenvalue weighted by Crippen LogP contribution is 2.14. The van der Waals surface area contributed by atoms with E-state index in [0.717, 1.165) is 25.2 Å². The molecule has 102 valence electrons. The summed E-state index contributed by atoms with van der Waals surface area (Å²) in [6.45, 7) is 5.23. The number of hydrogen-bond donors (Lipinski definition) is 1. The quantitative estimate of drug-likeness (QED) is 0.672. The maximum Gasteiger partial charge on any atom is 0.119 e. The zero-order valence-electron chi connectivity index (χ0n) is 12.0. The molecule has 1 aromatic carbocycles. The summed E-state index contributed by atoms with van der Waals surface area (Å²) >= 11 is 0. The van der Waals surface area contributed by atoms with E-state index in [-0.39, 0.29) is 0 Å². The molecule has 1 aromatic rings. The molecule has 0 radical (unpaired) electrons. The smallest absolute Gasteiger partial charge is 0.119 e. The van der Waals surface area contributed by atoms with Crippen molar-refractivity contribution < 1.29 is 4.74 Å². The molecule has 1 N–H and O–H groups in total. The fourth-order valence-electron chi connectivity index (χ4n) is 1.86. The first kappa shape index (κ1) is 15.0. The van der Waals surface area contributed by atoms with Gasteiger partial charge in [0.05, 0.1) is 6.61 Å². The second-order valence-electron chi connectivity index (χ2n) is 4.93. The average Bonchev–Trinajstić information content (AvgIpc) is 2.42. The number of ether oxygens (including phenoxy) is 1. The first-order valence-electron chi connectivity index (χ1n) is 7.15. The van der Waals surface area contributed by atoms with Gasteiger partial charge in [-0.15, -0.1) is 0 Å². The topological polar surface area (TPSA) is 21.3 Å². The van der Waals surface area contributed by atoms with E-state index in [1.54, 1.807) is 0 Å². The number of rotatable bonds is 9. The Balaban J connectivity index is 2.22. The summed E-state index contributed by atoms with van der Waals surface area (Å²) in [6, 6.07) is 9.12. The molecule has 2 nitrogen and oxygen atoms in total. The maximum atomic E-state index is 5.73. The molecule has 0 fully saturated rings. The lowest BCUT2D eigenvalue weighted by atomic mass is 10.1. The maximum absolute atomic E-state index is 5.73. The Morgan fingerprint density at radius 2 is 1.89 bits per heavy atom. The minimum atomic E-state index is 0.574. The van der Waals surface area contributed by atoms with E-state index in [1.807, 2.05) is 7.05 Å². The molecule has 2 heteroatoms. The van der Waals surface area contributed by atoms with Crippen molar-refractivity contribution in [3.8, 4) is 5.75 Å². The minimum absolute atomic E-state index is 0.574. The molecule has 0 amide bonds. The van der Waals surface area contributed by atoms with Crippen molar-refractivity contribution in [1.82, 2.24) is 5.32 Å². The van der Waals surface area contributed by atoms with Crippen molar-refractivity contribution in [1.29, 1.82) is 0 Å². The van der Waals surface area contributed by atoms with Crippen LogP contribution in [0, 0.1) is 0 Å². The molecule has 0 aliphatic carbocycles. The summed E-state index contributed by atoms with van der Waals surface area (Å²) in [5.74, 6) is 0.993. The predicted molar refractivity (Wildman–Crippen MR) is 78.3 cm³/mol. The van der Waals surface area contributed by atoms with Gasteiger partial charge in [0.15, 0.2) is 0 Å². The van der Waals surface area contributed by atoms with Gasteiger partial charge >= 0.3 is 0 Å². The molecule has 0 aliphatic heterocycles. The second kappa shape index (κ2) is 8.98. The Labute approximate surface area is 112 Å². The summed E-state index contributed by atoms with van der Waals surface area (Å²) in [5, 5.41) is 3.24. The van der Waals surface area contributed by atoms with Gasteiger partial charge in [-0.05, 0) is 57.4 Å². The van der Waals surface area contributed by atoms with E-state index in [0.29, 0.717) is 6.04 Å². The van der Waals surface area contributed by atoms with Gasteiger partial charge in [-0.1, -0.05) is 25.5 Å². The van der Waals surface area contributed by atoms with Gasteiger partial charge < -0.3 is 10.1 Å². The lowest BCUT2D eigenvalue weighted by Gasteiger charge is -2.10. The van der Waals surface area contributed by atoms with Crippen LogP contribution in [0.1, 0.15) is 45.1 Å². The Hall–Kier alpha value is -1.02. The molecule has 0 saturated carbocycles. The Kier molecular flexibility index (Phi) is 7.51. The van der Waals surface area contributed by atoms with Gasteiger partial charge in [0.2, 0.25) is 0 Å². The molecule has 0 aliphatic rings. The van der Waals surface area contributed by atoms with Crippen LogP contribution in [0.5, 0.6) is 5.75 Å². The lowest BCUT2D eigenvalue weighted by molar-refractivity contribution is 0.299. The summed E-state index contributed by atoms with van der Waals surface area (Å²) in [7, 11) is 2.00. The molecular weight excluding hydrogens is 222 g/mol. The van der Waals surface area contributed by atoms with Gasteiger partial charge in [-0.2, -0.15) is 0 Å². The van der Waals surface area contributed by atoms with Crippen molar-refractivity contribution in [3.63, 3.8) is 0 Å². The first-order valence-corrected chi connectivity index (χ1v) is 7.15. The molecule has 18 heavy (non-hydrogen) atoms. The van der Waals surface area contributed by atoms with Crippen LogP contribution >= 0.6 is 0 Å². The molecule has 1 atom stereocenters. The van der Waals surface area contributed by atoms with Gasteiger partial charge in [-0.25, -0.2) is 0 Å². The highest BCUT2D eigenvalue weighted by molar-refractivity contribution is 5.27. The Morgan fingerprint density at radius 3 is 2.50 bits per heavy atom. The molecule has 0 bridgehead atoms. The number of unbranched alkanes of at least 4 members (excludes halogenated alkanes) is 1. The average molecular weight is 249 g/mol. The molecular formula is C16H27NO. The van der Waals surface area contributed by atoms with Gasteiger partial charge in [-0.3, -0.25) is 0 Å². The Bertz CT molecular complexity index is 307. The van der Waals surface area contributed by atoms with Crippen LogP contribution in [-0.4, -0.2) is 19.7 Å². The number of aryl methyl sites for hydroxylation is 1. The van der Waals surface area contributed by atoms with Crippen LogP contribution in [0.3, 0.4) is 0 Å². The van der Waals surface area contributed by atoms with Gasteiger partial charge in [0.1, 0.15) is 5.75 Å². The number of hydrogen-bond acceptors (Lipinski definition) is 2. The fourth-order valence-corrected chi connectivity index (χ4v) is 1.86.